The van der Waals surface area contributed by atoms with Gasteiger partial charge in [-0.15, -0.1) is 0 Å². The van der Waals surface area contributed by atoms with E-state index in [1.54, 1.807) is 25.1 Å². The lowest BCUT2D eigenvalue weighted by Gasteiger charge is -2.35. The molecule has 3 aromatic rings. The van der Waals surface area contributed by atoms with E-state index in [0.717, 1.165) is 4.31 Å². The van der Waals surface area contributed by atoms with Crippen LogP contribution in [0.25, 0.3) is 0 Å². The molecule has 1 N–H and O–H groups in total. The number of halogens is 3. The Bertz CT molecular complexity index is 1450. The summed E-state index contributed by atoms with van der Waals surface area (Å²) in [5.41, 5.74) is 0.0465. The summed E-state index contributed by atoms with van der Waals surface area (Å²) in [6, 6.07) is 16.5. The maximum atomic E-state index is 14.0. The van der Waals surface area contributed by atoms with Gasteiger partial charge in [0.25, 0.3) is 10.0 Å². The zero-order valence-electron chi connectivity index (χ0n) is 22.7. The predicted octanol–water partition coefficient (Wildman–Crippen LogP) is 6.05. The van der Waals surface area contributed by atoms with Crippen molar-refractivity contribution in [3.8, 4) is 0 Å². The van der Waals surface area contributed by atoms with Crippen molar-refractivity contribution in [2.45, 2.75) is 57.1 Å². The molecule has 0 aliphatic heterocycles. The van der Waals surface area contributed by atoms with Crippen LogP contribution in [0.5, 0.6) is 0 Å². The second-order valence-electron chi connectivity index (χ2n) is 10.2. The Morgan fingerprint density at radius 2 is 1.60 bits per heavy atom. The quantitative estimate of drug-likeness (QED) is 0.304. The highest BCUT2D eigenvalue weighted by Gasteiger charge is 2.35. The predicted molar refractivity (Wildman–Crippen MR) is 156 cm³/mol. The minimum atomic E-state index is -4.27. The molecule has 0 saturated carbocycles. The molecule has 0 spiro atoms. The van der Waals surface area contributed by atoms with Gasteiger partial charge in [-0.3, -0.25) is 13.9 Å². The van der Waals surface area contributed by atoms with Gasteiger partial charge in [-0.1, -0.05) is 60.5 Å². The van der Waals surface area contributed by atoms with E-state index in [2.05, 4.69) is 5.32 Å². The number of nitrogens with one attached hydrogen (secondary N) is 1. The topological polar surface area (TPSA) is 86.8 Å². The van der Waals surface area contributed by atoms with Gasteiger partial charge >= 0.3 is 0 Å². The van der Waals surface area contributed by atoms with Crippen molar-refractivity contribution in [3.05, 3.63) is 94.2 Å². The molecule has 0 bridgehead atoms. The lowest BCUT2D eigenvalue weighted by atomic mass is 10.1. The first-order valence-corrected chi connectivity index (χ1v) is 14.8. The van der Waals surface area contributed by atoms with Crippen LogP contribution in [0.2, 0.25) is 10.0 Å². The number of hydrogen-bond acceptors (Lipinski definition) is 4. The number of amides is 2. The molecule has 0 heterocycles. The Morgan fingerprint density at radius 3 is 2.15 bits per heavy atom. The minimum Gasteiger partial charge on any atom is -0.350 e. The number of anilines is 1. The van der Waals surface area contributed by atoms with Crippen LogP contribution < -0.4 is 9.62 Å². The first-order chi connectivity index (χ1) is 18.7. The Hall–Kier alpha value is -3.14. The smallest absolute Gasteiger partial charge is 0.264 e. The second-order valence-corrected chi connectivity index (χ2v) is 12.9. The minimum absolute atomic E-state index is 0.0300. The van der Waals surface area contributed by atoms with Crippen LogP contribution in [0.15, 0.2) is 77.7 Å². The highest BCUT2D eigenvalue weighted by Crippen LogP contribution is 2.33. The van der Waals surface area contributed by atoms with Crippen LogP contribution in [0.4, 0.5) is 10.1 Å². The van der Waals surface area contributed by atoms with Gasteiger partial charge in [-0.05, 0) is 75.2 Å². The van der Waals surface area contributed by atoms with Crippen molar-refractivity contribution >= 4 is 50.7 Å². The maximum absolute atomic E-state index is 14.0. The molecule has 0 aliphatic rings. The fourth-order valence-corrected chi connectivity index (χ4v) is 6.09. The second kappa shape index (κ2) is 13.0. The highest BCUT2D eigenvalue weighted by atomic mass is 35.5. The maximum Gasteiger partial charge on any atom is 0.264 e. The monoisotopic (exact) mass is 607 g/mol. The van der Waals surface area contributed by atoms with Crippen molar-refractivity contribution in [1.29, 1.82) is 0 Å². The van der Waals surface area contributed by atoms with Crippen LogP contribution in [-0.4, -0.2) is 43.3 Å². The highest BCUT2D eigenvalue weighted by molar-refractivity contribution is 7.92. The van der Waals surface area contributed by atoms with Crippen LogP contribution in [0.1, 0.15) is 39.7 Å². The lowest BCUT2D eigenvalue weighted by Crippen LogP contribution is -2.55. The van der Waals surface area contributed by atoms with E-state index in [0.29, 0.717) is 10.6 Å². The zero-order chi connectivity index (χ0) is 29.7. The number of sulfonamides is 1. The summed E-state index contributed by atoms with van der Waals surface area (Å²) in [4.78, 5) is 28.6. The summed E-state index contributed by atoms with van der Waals surface area (Å²) in [5.74, 6) is -1.49. The van der Waals surface area contributed by atoms with E-state index in [1.807, 2.05) is 20.8 Å². The molecular formula is C29H32Cl2FN3O4S. The Balaban J connectivity index is 2.09. The number of rotatable bonds is 10. The lowest BCUT2D eigenvalue weighted by molar-refractivity contribution is -0.141. The fourth-order valence-electron chi connectivity index (χ4n) is 4.08. The first-order valence-electron chi connectivity index (χ1n) is 12.6. The number of carbonyl (C=O) groups excluding carboxylic acids is 2. The summed E-state index contributed by atoms with van der Waals surface area (Å²) < 4.78 is 42.2. The third-order valence-electron chi connectivity index (χ3n) is 5.94. The molecule has 0 radical (unpaired) electrons. The standard InChI is InChI=1S/C29H32Cl2FN3O4S/c1-5-25(28(37)33-29(2,3)4)34(18-20-11-14-22(32)15-12-20)27(36)19-35(26-16-13-21(30)17-24(26)31)40(38,39)23-9-7-6-8-10-23/h6-17,25H,5,18-19H2,1-4H3,(H,33,37)/t25-/m1/s1. The summed E-state index contributed by atoms with van der Waals surface area (Å²) in [5, 5.41) is 3.22. The molecule has 3 aromatic carbocycles. The Kier molecular flexibility index (Phi) is 10.2. The van der Waals surface area contributed by atoms with Gasteiger partial charge in [0.15, 0.2) is 0 Å². The third-order valence-corrected chi connectivity index (χ3v) is 8.25. The number of hydrogen-bond donors (Lipinski definition) is 1. The molecular weight excluding hydrogens is 576 g/mol. The zero-order valence-corrected chi connectivity index (χ0v) is 25.0. The molecule has 40 heavy (non-hydrogen) atoms. The molecule has 11 heteroatoms. The molecule has 214 valence electrons. The van der Waals surface area contributed by atoms with Crippen molar-refractivity contribution < 1.29 is 22.4 Å². The van der Waals surface area contributed by atoms with E-state index >= 15 is 0 Å². The number of benzene rings is 3. The molecule has 3 rings (SSSR count). The van der Waals surface area contributed by atoms with Crippen LogP contribution in [0, 0.1) is 5.82 Å². The molecule has 0 aliphatic carbocycles. The van der Waals surface area contributed by atoms with Crippen LogP contribution in [-0.2, 0) is 26.2 Å². The Labute approximate surface area is 244 Å². The van der Waals surface area contributed by atoms with Gasteiger partial charge in [0.05, 0.1) is 15.6 Å². The summed E-state index contributed by atoms with van der Waals surface area (Å²) in [7, 11) is -4.27. The molecule has 7 nitrogen and oxygen atoms in total. The normalized spacial score (nSPS) is 12.5. The van der Waals surface area contributed by atoms with Gasteiger partial charge in [-0.25, -0.2) is 12.8 Å². The van der Waals surface area contributed by atoms with E-state index in [4.69, 9.17) is 23.2 Å². The summed E-state index contributed by atoms with van der Waals surface area (Å²) in [6.07, 6.45) is 0.252. The van der Waals surface area contributed by atoms with Gasteiger partial charge in [0, 0.05) is 17.1 Å². The van der Waals surface area contributed by atoms with Crippen molar-refractivity contribution in [2.24, 2.45) is 0 Å². The summed E-state index contributed by atoms with van der Waals surface area (Å²) >= 11 is 12.5. The number of nitrogens with zero attached hydrogens (tertiary/aromatic N) is 2. The van der Waals surface area contributed by atoms with Crippen molar-refractivity contribution in [1.82, 2.24) is 10.2 Å². The molecule has 0 saturated heterocycles. The fraction of sp³-hybridized carbons (Fsp3) is 0.310. The molecule has 2 amide bonds. The molecule has 0 fully saturated rings. The Morgan fingerprint density at radius 1 is 0.975 bits per heavy atom. The van der Waals surface area contributed by atoms with E-state index in [-0.39, 0.29) is 28.6 Å². The van der Waals surface area contributed by atoms with E-state index in [1.165, 1.54) is 59.5 Å². The average Bonchev–Trinajstić information content (AvgIpc) is 2.88. The van der Waals surface area contributed by atoms with Crippen LogP contribution >= 0.6 is 23.2 Å². The largest absolute Gasteiger partial charge is 0.350 e. The average molecular weight is 609 g/mol. The molecule has 0 unspecified atom stereocenters. The third kappa shape index (κ3) is 7.96. The first kappa shape index (κ1) is 31.4. The van der Waals surface area contributed by atoms with Crippen LogP contribution in [0.3, 0.4) is 0 Å². The molecule has 1 atom stereocenters. The SMILES string of the molecule is CC[C@H](C(=O)NC(C)(C)C)N(Cc1ccc(F)cc1)C(=O)CN(c1ccc(Cl)cc1Cl)S(=O)(=O)c1ccccc1. The van der Waals surface area contributed by atoms with Gasteiger partial charge in [0.2, 0.25) is 11.8 Å². The van der Waals surface area contributed by atoms with E-state index in [9.17, 15) is 22.4 Å². The van der Waals surface area contributed by atoms with Gasteiger partial charge < -0.3 is 10.2 Å². The molecule has 0 aromatic heterocycles. The van der Waals surface area contributed by atoms with Crippen molar-refractivity contribution in [2.75, 3.05) is 10.8 Å². The number of carbonyl (C=O) groups is 2. The van der Waals surface area contributed by atoms with E-state index < -0.39 is 45.8 Å². The van der Waals surface area contributed by atoms with Gasteiger partial charge in [-0.2, -0.15) is 0 Å². The van der Waals surface area contributed by atoms with Gasteiger partial charge in [0.1, 0.15) is 18.4 Å². The summed E-state index contributed by atoms with van der Waals surface area (Å²) in [6.45, 7) is 6.51. The van der Waals surface area contributed by atoms with Crippen molar-refractivity contribution in [3.63, 3.8) is 0 Å².